The van der Waals surface area contributed by atoms with E-state index in [9.17, 15) is 9.18 Å². The zero-order valence-corrected chi connectivity index (χ0v) is 12.7. The first-order chi connectivity index (χ1) is 11.1. The van der Waals surface area contributed by atoms with Crippen LogP contribution in [0.5, 0.6) is 0 Å². The summed E-state index contributed by atoms with van der Waals surface area (Å²) < 4.78 is 13.7. The van der Waals surface area contributed by atoms with Crippen molar-refractivity contribution in [3.8, 4) is 0 Å². The Balaban J connectivity index is 1.89. The van der Waals surface area contributed by atoms with Crippen molar-refractivity contribution in [1.29, 1.82) is 0 Å². The minimum atomic E-state index is -0.728. The number of aromatic nitrogens is 1. The van der Waals surface area contributed by atoms with Crippen molar-refractivity contribution in [3.63, 3.8) is 0 Å². The summed E-state index contributed by atoms with van der Waals surface area (Å²) >= 11 is 0. The maximum absolute atomic E-state index is 13.7. The van der Waals surface area contributed by atoms with Crippen molar-refractivity contribution in [1.82, 2.24) is 9.88 Å². The Bertz CT molecular complexity index is 670. The number of pyridine rings is 1. The molecule has 120 valence electrons. The molecule has 2 heterocycles. The standard InChI is InChI=1S/C18H19FN2O2/c19-16-5-1-3-14(11-16)17(15-4-2-8-20-12-15)21-9-6-13(7-10-21)18(22)23/h1-5,8,11-13,17H,6-7,9-10H2,(H,22,23). The number of rotatable bonds is 4. The molecule has 3 rings (SSSR count). The van der Waals surface area contributed by atoms with Crippen LogP contribution >= 0.6 is 0 Å². The van der Waals surface area contributed by atoms with Crippen molar-refractivity contribution in [2.75, 3.05) is 13.1 Å². The number of piperidine rings is 1. The number of likely N-dealkylation sites (tertiary alicyclic amines) is 1. The van der Waals surface area contributed by atoms with Crippen LogP contribution in [-0.2, 0) is 4.79 Å². The second-order valence-electron chi connectivity index (χ2n) is 5.89. The number of halogens is 1. The van der Waals surface area contributed by atoms with Gasteiger partial charge in [0.2, 0.25) is 0 Å². The van der Waals surface area contributed by atoms with Gasteiger partial charge in [-0.25, -0.2) is 4.39 Å². The Morgan fingerprint density at radius 3 is 2.57 bits per heavy atom. The quantitative estimate of drug-likeness (QED) is 0.942. The highest BCUT2D eigenvalue weighted by molar-refractivity contribution is 5.70. The molecule has 1 aliphatic heterocycles. The molecule has 23 heavy (non-hydrogen) atoms. The molecule has 1 fully saturated rings. The zero-order valence-electron chi connectivity index (χ0n) is 12.7. The molecular weight excluding hydrogens is 295 g/mol. The molecule has 0 radical (unpaired) electrons. The first-order valence-electron chi connectivity index (χ1n) is 7.77. The lowest BCUT2D eigenvalue weighted by Crippen LogP contribution is -2.39. The number of carboxylic acid groups (broad SMARTS) is 1. The molecule has 2 aromatic rings. The monoisotopic (exact) mass is 314 g/mol. The van der Waals surface area contributed by atoms with Crippen molar-refractivity contribution < 1.29 is 14.3 Å². The Labute approximate surface area is 134 Å². The molecule has 0 amide bonds. The summed E-state index contributed by atoms with van der Waals surface area (Å²) in [5, 5.41) is 9.16. The molecular formula is C18H19FN2O2. The minimum Gasteiger partial charge on any atom is -0.481 e. The smallest absolute Gasteiger partial charge is 0.306 e. The molecule has 1 N–H and O–H groups in total. The van der Waals surface area contributed by atoms with E-state index < -0.39 is 5.97 Å². The number of benzene rings is 1. The van der Waals surface area contributed by atoms with E-state index in [1.165, 1.54) is 6.07 Å². The second kappa shape index (κ2) is 6.87. The van der Waals surface area contributed by atoms with Crippen LogP contribution in [0.25, 0.3) is 0 Å². The lowest BCUT2D eigenvalue weighted by atomic mass is 9.92. The molecule has 1 aromatic carbocycles. The summed E-state index contributed by atoms with van der Waals surface area (Å²) in [4.78, 5) is 17.5. The van der Waals surface area contributed by atoms with Crippen LogP contribution in [-0.4, -0.2) is 34.0 Å². The van der Waals surface area contributed by atoms with Gasteiger partial charge in [0.25, 0.3) is 0 Å². The van der Waals surface area contributed by atoms with Gasteiger partial charge >= 0.3 is 5.97 Å². The SMILES string of the molecule is O=C(O)C1CCN(C(c2cccnc2)c2cccc(F)c2)CC1. The van der Waals surface area contributed by atoms with Gasteiger partial charge in [-0.05, 0) is 55.3 Å². The van der Waals surface area contributed by atoms with Crippen LogP contribution in [0.3, 0.4) is 0 Å². The lowest BCUT2D eigenvalue weighted by Gasteiger charge is -2.37. The zero-order chi connectivity index (χ0) is 16.2. The summed E-state index contributed by atoms with van der Waals surface area (Å²) in [5.41, 5.74) is 1.86. The molecule has 1 saturated heterocycles. The molecule has 1 atom stereocenters. The van der Waals surface area contributed by atoms with Gasteiger partial charge in [0.1, 0.15) is 5.82 Å². The van der Waals surface area contributed by atoms with Gasteiger partial charge in [-0.2, -0.15) is 0 Å². The molecule has 0 saturated carbocycles. The van der Waals surface area contributed by atoms with E-state index in [2.05, 4.69) is 9.88 Å². The largest absolute Gasteiger partial charge is 0.481 e. The van der Waals surface area contributed by atoms with Crippen LogP contribution in [0.4, 0.5) is 4.39 Å². The van der Waals surface area contributed by atoms with Gasteiger partial charge in [0.05, 0.1) is 12.0 Å². The van der Waals surface area contributed by atoms with Gasteiger partial charge in [0.15, 0.2) is 0 Å². The van der Waals surface area contributed by atoms with Gasteiger partial charge < -0.3 is 5.11 Å². The Kier molecular flexibility index (Phi) is 4.67. The molecule has 5 heteroatoms. The first-order valence-corrected chi connectivity index (χ1v) is 7.77. The second-order valence-corrected chi connectivity index (χ2v) is 5.89. The first kappa shape index (κ1) is 15.6. The third-order valence-corrected chi connectivity index (χ3v) is 4.41. The maximum Gasteiger partial charge on any atom is 0.306 e. The van der Waals surface area contributed by atoms with Crippen LogP contribution < -0.4 is 0 Å². The number of aliphatic carboxylic acids is 1. The number of nitrogens with zero attached hydrogens (tertiary/aromatic N) is 2. The third-order valence-electron chi connectivity index (χ3n) is 4.41. The van der Waals surface area contributed by atoms with Crippen LogP contribution in [0.2, 0.25) is 0 Å². The number of carboxylic acids is 1. The average molecular weight is 314 g/mol. The molecule has 1 unspecified atom stereocenters. The molecule has 0 spiro atoms. The predicted molar refractivity (Wildman–Crippen MR) is 84.4 cm³/mol. The summed E-state index contributed by atoms with van der Waals surface area (Å²) in [6.07, 6.45) is 4.73. The van der Waals surface area contributed by atoms with Crippen LogP contribution in [0, 0.1) is 11.7 Å². The highest BCUT2D eigenvalue weighted by Crippen LogP contribution is 2.32. The van der Waals surface area contributed by atoms with Gasteiger partial charge in [0, 0.05) is 12.4 Å². The molecule has 1 aliphatic rings. The normalized spacial score (nSPS) is 17.8. The summed E-state index contributed by atoms with van der Waals surface area (Å²) in [7, 11) is 0. The Morgan fingerprint density at radius 2 is 1.96 bits per heavy atom. The highest BCUT2D eigenvalue weighted by atomic mass is 19.1. The van der Waals surface area contributed by atoms with E-state index >= 15 is 0 Å². The Hall–Kier alpha value is -2.27. The van der Waals surface area contributed by atoms with Crippen molar-refractivity contribution in [3.05, 3.63) is 65.7 Å². The average Bonchev–Trinajstić information content (AvgIpc) is 2.57. The van der Waals surface area contributed by atoms with E-state index in [0.717, 1.165) is 11.1 Å². The highest BCUT2D eigenvalue weighted by Gasteiger charge is 2.30. The molecule has 0 bridgehead atoms. The minimum absolute atomic E-state index is 0.103. The Morgan fingerprint density at radius 1 is 1.22 bits per heavy atom. The van der Waals surface area contributed by atoms with Crippen LogP contribution in [0.1, 0.15) is 30.0 Å². The molecule has 4 nitrogen and oxygen atoms in total. The fraction of sp³-hybridized carbons (Fsp3) is 0.333. The number of carbonyl (C=O) groups is 1. The number of hydrogen-bond acceptors (Lipinski definition) is 3. The predicted octanol–water partition coefficient (Wildman–Crippen LogP) is 3.11. The summed E-state index contributed by atoms with van der Waals surface area (Å²) in [5.74, 6) is -1.28. The van der Waals surface area contributed by atoms with Crippen molar-refractivity contribution in [2.45, 2.75) is 18.9 Å². The number of hydrogen-bond donors (Lipinski definition) is 1. The van der Waals surface area contributed by atoms with E-state index in [0.29, 0.717) is 25.9 Å². The van der Waals surface area contributed by atoms with Crippen molar-refractivity contribution in [2.24, 2.45) is 5.92 Å². The summed E-state index contributed by atoms with van der Waals surface area (Å²) in [6.45, 7) is 1.35. The maximum atomic E-state index is 13.7. The fourth-order valence-corrected chi connectivity index (χ4v) is 3.23. The molecule has 1 aromatic heterocycles. The lowest BCUT2D eigenvalue weighted by molar-refractivity contribution is -0.143. The van der Waals surface area contributed by atoms with Gasteiger partial charge in [-0.3, -0.25) is 14.7 Å². The van der Waals surface area contributed by atoms with E-state index in [1.807, 2.05) is 18.2 Å². The van der Waals surface area contributed by atoms with E-state index in [-0.39, 0.29) is 17.8 Å². The van der Waals surface area contributed by atoms with Crippen LogP contribution in [0.15, 0.2) is 48.8 Å². The van der Waals surface area contributed by atoms with E-state index in [1.54, 1.807) is 24.5 Å². The van der Waals surface area contributed by atoms with E-state index in [4.69, 9.17) is 5.11 Å². The van der Waals surface area contributed by atoms with Gasteiger partial charge in [-0.1, -0.05) is 18.2 Å². The summed E-state index contributed by atoms with van der Waals surface area (Å²) in [6, 6.07) is 10.3. The van der Waals surface area contributed by atoms with Crippen molar-refractivity contribution >= 4 is 5.97 Å². The van der Waals surface area contributed by atoms with Gasteiger partial charge in [-0.15, -0.1) is 0 Å². The topological polar surface area (TPSA) is 53.4 Å². The fourth-order valence-electron chi connectivity index (χ4n) is 3.23. The third kappa shape index (κ3) is 3.56. The molecule has 0 aliphatic carbocycles.